The number of aromatic nitrogens is 2. The fourth-order valence-electron chi connectivity index (χ4n) is 4.34. The third kappa shape index (κ3) is 6.06. The van der Waals surface area contributed by atoms with Crippen LogP contribution in [0.1, 0.15) is 101 Å². The Hall–Kier alpha value is -3.37. The van der Waals surface area contributed by atoms with Crippen molar-refractivity contribution in [2.75, 3.05) is 13.2 Å². The molecule has 0 unspecified atom stereocenters. The minimum Gasteiger partial charge on any atom is -0.503 e. The normalized spacial score (nSPS) is 11.4. The van der Waals surface area contributed by atoms with Gasteiger partial charge in [0.1, 0.15) is 17.1 Å². The first-order chi connectivity index (χ1) is 17.2. The zero-order valence-corrected chi connectivity index (χ0v) is 21.6. The van der Waals surface area contributed by atoms with Gasteiger partial charge in [-0.1, -0.05) is 27.7 Å². The Bertz CT molecular complexity index is 1140. The molecule has 0 spiro atoms. The Labute approximate surface area is 210 Å². The second-order valence-corrected chi connectivity index (χ2v) is 7.77. The first-order valence-corrected chi connectivity index (χ1v) is 12.2. The van der Waals surface area contributed by atoms with Crippen LogP contribution in [0, 0.1) is 0 Å². The van der Waals surface area contributed by atoms with Gasteiger partial charge in [0, 0.05) is 6.08 Å². The van der Waals surface area contributed by atoms with Crippen LogP contribution in [0.3, 0.4) is 0 Å². The molecule has 196 valence electrons. The van der Waals surface area contributed by atoms with E-state index >= 15 is 0 Å². The van der Waals surface area contributed by atoms with Crippen LogP contribution in [0.15, 0.2) is 6.08 Å². The van der Waals surface area contributed by atoms with Crippen LogP contribution in [0.4, 0.5) is 8.63 Å². The average Bonchev–Trinajstić information content (AvgIpc) is 3.41. The highest BCUT2D eigenvalue weighted by Gasteiger charge is 2.29. The Balaban J connectivity index is 2.70. The van der Waals surface area contributed by atoms with Gasteiger partial charge < -0.3 is 24.1 Å². The molecule has 8 nitrogen and oxygen atoms in total. The third-order valence-electron chi connectivity index (χ3n) is 5.78. The topological polar surface area (TPSA) is 110 Å². The number of aromatic amines is 2. The molecule has 0 aromatic carbocycles. The predicted octanol–water partition coefficient (Wildman–Crippen LogP) is 5.11. The molecular weight excluding hydrogens is 473 g/mol. The minimum absolute atomic E-state index is 0.0960. The molecule has 0 amide bonds. The fourth-order valence-corrected chi connectivity index (χ4v) is 4.34. The summed E-state index contributed by atoms with van der Waals surface area (Å²) in [5.41, 5.74) is 2.91. The number of allylic oxidation sites excluding steroid dienone is 1. The molecule has 0 aliphatic rings. The van der Waals surface area contributed by atoms with Gasteiger partial charge in [-0.3, -0.25) is 4.79 Å². The smallest absolute Gasteiger partial charge is 0.503 e. The molecule has 0 radical (unpaired) electrons. The number of esters is 2. The number of halogens is 2. The molecule has 0 atom stereocenters. The molecule has 0 fully saturated rings. The zero-order valence-electron chi connectivity index (χ0n) is 21.6. The van der Waals surface area contributed by atoms with E-state index in [0.29, 0.717) is 47.9 Å². The zero-order chi connectivity index (χ0) is 27.0. The van der Waals surface area contributed by atoms with Crippen molar-refractivity contribution in [3.05, 3.63) is 51.1 Å². The van der Waals surface area contributed by atoms with Crippen LogP contribution in [0.2, 0.25) is 0 Å². The first kappa shape index (κ1) is 28.9. The molecule has 0 bridgehead atoms. The van der Waals surface area contributed by atoms with Crippen molar-refractivity contribution in [2.24, 2.45) is 0 Å². The largest absolute Gasteiger partial charge is 0.796 e. The van der Waals surface area contributed by atoms with Crippen LogP contribution < -0.4 is 0 Å². The van der Waals surface area contributed by atoms with E-state index in [4.69, 9.17) is 14.1 Å². The Morgan fingerprint density at radius 2 is 1.08 bits per heavy atom. The number of nitrogens with one attached hydrogen (secondary N) is 2. The number of hydrogen-bond acceptors (Lipinski definition) is 6. The molecule has 2 N–H and O–H groups in total. The molecule has 36 heavy (non-hydrogen) atoms. The second-order valence-electron chi connectivity index (χ2n) is 7.77. The SMILES string of the molecule is CCOC(=O)c1[nH]c(C(=O)/C=C(\OB(F)F)c2[nH]c(C(=O)OCC)c(CC)c2CC)c(CC)c1CC. The number of carbonyl (C=O) groups is 3. The quantitative estimate of drug-likeness (QED) is 0.128. The number of ketones is 1. The van der Waals surface area contributed by atoms with Gasteiger partial charge in [-0.05, 0) is 61.8 Å². The highest BCUT2D eigenvalue weighted by atomic mass is 19.2. The molecule has 2 aromatic heterocycles. The van der Waals surface area contributed by atoms with E-state index in [0.717, 1.165) is 6.08 Å². The van der Waals surface area contributed by atoms with Crippen molar-refractivity contribution in [1.82, 2.24) is 9.97 Å². The summed E-state index contributed by atoms with van der Waals surface area (Å²) in [6, 6.07) is 0. The molecule has 2 heterocycles. The van der Waals surface area contributed by atoms with E-state index in [1.165, 1.54) is 0 Å². The Kier molecular flexibility index (Phi) is 10.5. The van der Waals surface area contributed by atoms with Gasteiger partial charge in [0.2, 0.25) is 5.78 Å². The molecule has 0 aliphatic heterocycles. The molecule has 2 rings (SSSR count). The predicted molar refractivity (Wildman–Crippen MR) is 132 cm³/mol. The lowest BCUT2D eigenvalue weighted by atomic mass is 10.00. The van der Waals surface area contributed by atoms with Gasteiger partial charge in [0.15, 0.2) is 0 Å². The summed E-state index contributed by atoms with van der Waals surface area (Å²) in [6.45, 7) is 10.9. The standard InChI is InChI=1S/C25H33BF2N2O6/c1-7-14-16(9-3)22(24(32)34-11-5)29-20(14)18(31)13-19(36-26(27)28)21-15(8-2)17(10-4)23(30-21)25(33)35-12-6/h13,29-30H,7-12H2,1-6H3/b19-13-. The highest BCUT2D eigenvalue weighted by Crippen LogP contribution is 2.30. The van der Waals surface area contributed by atoms with Crippen LogP contribution in [-0.4, -0.2) is 48.4 Å². The number of rotatable bonds is 13. The Morgan fingerprint density at radius 3 is 1.47 bits per heavy atom. The monoisotopic (exact) mass is 506 g/mol. The molecular formula is C25H33BF2N2O6. The molecule has 0 saturated heterocycles. The average molecular weight is 506 g/mol. The minimum atomic E-state index is -3.22. The summed E-state index contributed by atoms with van der Waals surface area (Å²) in [7, 11) is -3.22. The van der Waals surface area contributed by atoms with Crippen LogP contribution in [0.25, 0.3) is 5.76 Å². The molecule has 0 saturated carbocycles. The van der Waals surface area contributed by atoms with Crippen molar-refractivity contribution in [1.29, 1.82) is 0 Å². The van der Waals surface area contributed by atoms with Crippen LogP contribution >= 0.6 is 0 Å². The second kappa shape index (κ2) is 13.1. The van der Waals surface area contributed by atoms with Crippen molar-refractivity contribution < 1.29 is 37.1 Å². The van der Waals surface area contributed by atoms with Gasteiger partial charge in [-0.25, -0.2) is 18.2 Å². The number of ether oxygens (including phenoxy) is 2. The lowest BCUT2D eigenvalue weighted by Gasteiger charge is -2.10. The fraction of sp³-hybridized carbons (Fsp3) is 0.480. The summed E-state index contributed by atoms with van der Waals surface area (Å²) in [4.78, 5) is 44.0. The molecule has 0 aliphatic carbocycles. The maximum atomic E-state index is 13.4. The van der Waals surface area contributed by atoms with Crippen molar-refractivity contribution in [3.63, 3.8) is 0 Å². The van der Waals surface area contributed by atoms with E-state index in [-0.39, 0.29) is 36.0 Å². The lowest BCUT2D eigenvalue weighted by Crippen LogP contribution is -2.10. The highest BCUT2D eigenvalue weighted by molar-refractivity contribution is 6.36. The lowest BCUT2D eigenvalue weighted by molar-refractivity contribution is 0.0509. The molecule has 2 aromatic rings. The van der Waals surface area contributed by atoms with Crippen LogP contribution in [0.5, 0.6) is 0 Å². The van der Waals surface area contributed by atoms with Crippen molar-refractivity contribution in [2.45, 2.75) is 67.2 Å². The summed E-state index contributed by atoms with van der Waals surface area (Å²) in [6.07, 6.45) is 2.66. The maximum Gasteiger partial charge on any atom is 0.796 e. The van der Waals surface area contributed by atoms with Gasteiger partial charge in [-0.15, -0.1) is 0 Å². The summed E-state index contributed by atoms with van der Waals surface area (Å²) >= 11 is 0. The van der Waals surface area contributed by atoms with Gasteiger partial charge in [-0.2, -0.15) is 0 Å². The molecule has 11 heteroatoms. The number of carbonyl (C=O) groups excluding carboxylic acids is 3. The summed E-state index contributed by atoms with van der Waals surface area (Å²) in [5, 5.41) is 0. The first-order valence-electron chi connectivity index (χ1n) is 12.2. The van der Waals surface area contributed by atoms with E-state index in [9.17, 15) is 23.0 Å². The summed E-state index contributed by atoms with van der Waals surface area (Å²) in [5.74, 6) is -2.28. The van der Waals surface area contributed by atoms with E-state index in [1.807, 2.05) is 27.7 Å². The van der Waals surface area contributed by atoms with Gasteiger partial charge >= 0.3 is 19.4 Å². The van der Waals surface area contributed by atoms with Gasteiger partial charge in [0.05, 0.1) is 24.6 Å². The van der Waals surface area contributed by atoms with E-state index < -0.39 is 31.0 Å². The van der Waals surface area contributed by atoms with Crippen LogP contribution in [-0.2, 0) is 39.8 Å². The Morgan fingerprint density at radius 1 is 0.694 bits per heavy atom. The van der Waals surface area contributed by atoms with Crippen molar-refractivity contribution in [3.8, 4) is 0 Å². The van der Waals surface area contributed by atoms with E-state index in [2.05, 4.69) is 9.97 Å². The number of H-pyrrole nitrogens is 2. The number of hydrogen-bond donors (Lipinski definition) is 2. The van der Waals surface area contributed by atoms with Crippen molar-refractivity contribution >= 4 is 31.0 Å². The maximum absolute atomic E-state index is 13.4. The van der Waals surface area contributed by atoms with Gasteiger partial charge in [0.25, 0.3) is 0 Å². The summed E-state index contributed by atoms with van der Waals surface area (Å²) < 4.78 is 41.8. The third-order valence-corrected chi connectivity index (χ3v) is 5.78. The van der Waals surface area contributed by atoms with E-state index in [1.54, 1.807) is 13.8 Å².